The van der Waals surface area contributed by atoms with E-state index in [1.165, 1.54) is 44.9 Å². The normalized spacial score (nSPS) is 19.4. The van der Waals surface area contributed by atoms with Gasteiger partial charge >= 0.3 is 0 Å². The molecular weight excluding hydrogens is 292 g/mol. The number of allylic oxidation sites excluding steroid dienone is 1. The smallest absolute Gasteiger partial charge is 0.0459 e. The molecule has 0 aliphatic heterocycles. The molecule has 0 radical (unpaired) electrons. The van der Waals surface area contributed by atoms with E-state index in [0.29, 0.717) is 12.5 Å². The minimum atomic E-state index is 0.409. The third-order valence-electron chi connectivity index (χ3n) is 4.16. The number of hydrogen-bond acceptors (Lipinski definition) is 1. The van der Waals surface area contributed by atoms with E-state index in [1.807, 2.05) is 33.8 Å². The Labute approximate surface area is 156 Å². The van der Waals surface area contributed by atoms with Crippen molar-refractivity contribution >= 4 is 0 Å². The SMILES string of the molecule is C=CCC(C)CC.CC.CC.CC1CCC(CO)CC1.CCCC. The minimum Gasteiger partial charge on any atom is -0.396 e. The molecule has 0 heterocycles. The molecule has 0 spiro atoms. The zero-order valence-electron chi connectivity index (χ0n) is 18.8. The molecule has 1 rings (SSSR count). The van der Waals surface area contributed by atoms with Crippen LogP contribution in [-0.4, -0.2) is 11.7 Å². The molecule has 1 aliphatic rings. The summed E-state index contributed by atoms with van der Waals surface area (Å²) in [6.07, 6.45) is 12.2. The summed E-state index contributed by atoms with van der Waals surface area (Å²) >= 11 is 0. The molecule has 1 aliphatic carbocycles. The Hall–Kier alpha value is -0.300. The first kappa shape index (κ1) is 31.5. The highest BCUT2D eigenvalue weighted by Crippen LogP contribution is 2.27. The Morgan fingerprint density at radius 1 is 0.958 bits per heavy atom. The molecule has 150 valence electrons. The first-order valence-corrected chi connectivity index (χ1v) is 10.8. The first-order valence-electron chi connectivity index (χ1n) is 10.8. The van der Waals surface area contributed by atoms with Crippen LogP contribution in [0.5, 0.6) is 0 Å². The Morgan fingerprint density at radius 3 is 1.58 bits per heavy atom. The van der Waals surface area contributed by atoms with Crippen molar-refractivity contribution in [1.29, 1.82) is 0 Å². The summed E-state index contributed by atoms with van der Waals surface area (Å²) < 4.78 is 0. The fraction of sp³-hybridized carbons (Fsp3) is 0.913. The molecule has 1 atom stereocenters. The van der Waals surface area contributed by atoms with Gasteiger partial charge < -0.3 is 5.11 Å². The molecule has 1 unspecified atom stereocenters. The van der Waals surface area contributed by atoms with Crippen molar-refractivity contribution in [3.63, 3.8) is 0 Å². The lowest BCUT2D eigenvalue weighted by Crippen LogP contribution is -2.14. The number of aliphatic hydroxyl groups excluding tert-OH is 1. The van der Waals surface area contributed by atoms with Gasteiger partial charge in [0.05, 0.1) is 0 Å². The van der Waals surface area contributed by atoms with Crippen molar-refractivity contribution in [1.82, 2.24) is 0 Å². The van der Waals surface area contributed by atoms with Gasteiger partial charge in [-0.2, -0.15) is 0 Å². The number of aliphatic hydroxyl groups is 1. The van der Waals surface area contributed by atoms with E-state index in [4.69, 9.17) is 5.11 Å². The molecule has 1 fully saturated rings. The van der Waals surface area contributed by atoms with Crippen molar-refractivity contribution in [3.8, 4) is 0 Å². The third kappa shape index (κ3) is 29.7. The number of unbranched alkanes of at least 4 members (excludes halogenated alkanes) is 1. The van der Waals surface area contributed by atoms with Crippen LogP contribution in [0.15, 0.2) is 12.7 Å². The van der Waals surface area contributed by atoms with Gasteiger partial charge in [0.25, 0.3) is 0 Å². The summed E-state index contributed by atoms with van der Waals surface area (Å²) in [7, 11) is 0. The molecule has 0 aromatic rings. The molecular formula is C23H52O. The van der Waals surface area contributed by atoms with Crippen LogP contribution in [0.1, 0.15) is 114 Å². The van der Waals surface area contributed by atoms with Gasteiger partial charge in [-0.1, -0.05) is 100 Å². The van der Waals surface area contributed by atoms with Crippen LogP contribution in [0.3, 0.4) is 0 Å². The van der Waals surface area contributed by atoms with E-state index in [9.17, 15) is 0 Å². The lowest BCUT2D eigenvalue weighted by Gasteiger charge is -2.23. The van der Waals surface area contributed by atoms with Gasteiger partial charge in [0.1, 0.15) is 0 Å². The van der Waals surface area contributed by atoms with E-state index in [-0.39, 0.29) is 0 Å². The van der Waals surface area contributed by atoms with Crippen LogP contribution in [0.4, 0.5) is 0 Å². The van der Waals surface area contributed by atoms with Crippen LogP contribution in [0.25, 0.3) is 0 Å². The van der Waals surface area contributed by atoms with Gasteiger partial charge in [0, 0.05) is 6.61 Å². The molecule has 1 saturated carbocycles. The van der Waals surface area contributed by atoms with Gasteiger partial charge in [-0.05, 0) is 37.0 Å². The monoisotopic (exact) mass is 344 g/mol. The fourth-order valence-corrected chi connectivity index (χ4v) is 1.96. The van der Waals surface area contributed by atoms with Crippen LogP contribution < -0.4 is 0 Å². The quantitative estimate of drug-likeness (QED) is 0.497. The fourth-order valence-electron chi connectivity index (χ4n) is 1.96. The van der Waals surface area contributed by atoms with E-state index >= 15 is 0 Å². The maximum atomic E-state index is 8.78. The second-order valence-corrected chi connectivity index (χ2v) is 6.35. The van der Waals surface area contributed by atoms with Gasteiger partial charge in [-0.15, -0.1) is 6.58 Å². The minimum absolute atomic E-state index is 0.409. The highest BCUT2D eigenvalue weighted by atomic mass is 16.3. The molecule has 0 amide bonds. The lowest BCUT2D eigenvalue weighted by molar-refractivity contribution is 0.172. The Balaban J connectivity index is -0.000000119. The van der Waals surface area contributed by atoms with Crippen LogP contribution >= 0.6 is 0 Å². The molecule has 0 saturated heterocycles. The average molecular weight is 345 g/mol. The van der Waals surface area contributed by atoms with Gasteiger partial charge in [-0.3, -0.25) is 0 Å². The Morgan fingerprint density at radius 2 is 1.38 bits per heavy atom. The van der Waals surface area contributed by atoms with Crippen LogP contribution in [0, 0.1) is 17.8 Å². The van der Waals surface area contributed by atoms with E-state index in [0.717, 1.165) is 18.3 Å². The molecule has 1 heteroatoms. The van der Waals surface area contributed by atoms with Crippen molar-refractivity contribution in [2.45, 2.75) is 114 Å². The largest absolute Gasteiger partial charge is 0.396 e. The molecule has 0 aromatic carbocycles. The molecule has 1 nitrogen and oxygen atoms in total. The Kier molecular flexibility index (Phi) is 40.1. The summed E-state index contributed by atoms with van der Waals surface area (Å²) in [4.78, 5) is 0. The van der Waals surface area contributed by atoms with E-state index in [1.54, 1.807) is 0 Å². The van der Waals surface area contributed by atoms with Gasteiger partial charge in [0.2, 0.25) is 0 Å². The molecule has 0 aromatic heterocycles. The predicted molar refractivity (Wildman–Crippen MR) is 116 cm³/mol. The molecule has 1 N–H and O–H groups in total. The predicted octanol–water partition coefficient (Wildman–Crippen LogP) is 8.27. The van der Waals surface area contributed by atoms with Crippen molar-refractivity contribution in [3.05, 3.63) is 12.7 Å². The number of hydrogen-bond donors (Lipinski definition) is 1. The Bertz CT molecular complexity index is 178. The topological polar surface area (TPSA) is 20.2 Å². The molecule has 0 bridgehead atoms. The van der Waals surface area contributed by atoms with Gasteiger partial charge in [0.15, 0.2) is 0 Å². The zero-order chi connectivity index (χ0) is 19.8. The summed E-state index contributed by atoms with van der Waals surface area (Å²) in [5.41, 5.74) is 0. The van der Waals surface area contributed by atoms with Crippen molar-refractivity contribution in [2.24, 2.45) is 17.8 Å². The first-order chi connectivity index (χ1) is 11.5. The average Bonchev–Trinajstić information content (AvgIpc) is 2.66. The molecule has 24 heavy (non-hydrogen) atoms. The van der Waals surface area contributed by atoms with Crippen molar-refractivity contribution < 1.29 is 5.11 Å². The van der Waals surface area contributed by atoms with Gasteiger partial charge in [-0.25, -0.2) is 0 Å². The standard InChI is InChI=1S/C8H16O.C7H14.C4H10.2C2H6/c1-7-2-4-8(6-9)5-3-7;1-4-6-7(3)5-2;1-3-4-2;2*1-2/h7-9H,2-6H2,1H3;4,7H,1,5-6H2,2-3H3;3-4H2,1-2H3;2*1-2H3. The second-order valence-electron chi connectivity index (χ2n) is 6.35. The third-order valence-corrected chi connectivity index (χ3v) is 4.16. The summed E-state index contributed by atoms with van der Waals surface area (Å²) in [5.74, 6) is 2.37. The zero-order valence-corrected chi connectivity index (χ0v) is 18.8. The van der Waals surface area contributed by atoms with E-state index < -0.39 is 0 Å². The van der Waals surface area contributed by atoms with E-state index in [2.05, 4.69) is 41.2 Å². The second kappa shape index (κ2) is 30.6. The maximum Gasteiger partial charge on any atom is 0.0459 e. The van der Waals surface area contributed by atoms with Crippen LogP contribution in [0.2, 0.25) is 0 Å². The lowest BCUT2D eigenvalue weighted by atomic mass is 9.84. The summed E-state index contributed by atoms with van der Waals surface area (Å²) in [6.45, 7) is 23.2. The maximum absolute atomic E-state index is 8.78. The van der Waals surface area contributed by atoms with Crippen LogP contribution in [-0.2, 0) is 0 Å². The highest BCUT2D eigenvalue weighted by molar-refractivity contribution is 4.69. The summed E-state index contributed by atoms with van der Waals surface area (Å²) in [5, 5.41) is 8.78. The summed E-state index contributed by atoms with van der Waals surface area (Å²) in [6, 6.07) is 0. The van der Waals surface area contributed by atoms with Crippen molar-refractivity contribution in [2.75, 3.05) is 6.61 Å². The highest BCUT2D eigenvalue weighted by Gasteiger charge is 2.16. The number of rotatable bonds is 5.